The zero-order valence-electron chi connectivity index (χ0n) is 8.10. The fraction of sp³-hybridized carbons (Fsp3) is 1.00. The average Bonchev–Trinajstić information content (AvgIpc) is 2.31. The van der Waals surface area contributed by atoms with E-state index in [1.165, 1.54) is 0 Å². The van der Waals surface area contributed by atoms with Crippen LogP contribution >= 0.6 is 8.25 Å². The second-order valence-corrected chi connectivity index (χ2v) is 3.43. The van der Waals surface area contributed by atoms with Gasteiger partial charge in [-0.2, -0.15) is 0 Å². The van der Waals surface area contributed by atoms with Crippen molar-refractivity contribution in [3.8, 4) is 0 Å². The predicted octanol–water partition coefficient (Wildman–Crippen LogP) is 0.201. The van der Waals surface area contributed by atoms with Crippen molar-refractivity contribution in [2.45, 2.75) is 13.0 Å². The van der Waals surface area contributed by atoms with Crippen LogP contribution in [0.3, 0.4) is 0 Å². The van der Waals surface area contributed by atoms with Crippen molar-refractivity contribution in [1.82, 2.24) is 0 Å². The molecule has 0 atom stereocenters. The summed E-state index contributed by atoms with van der Waals surface area (Å²) in [6.07, 6.45) is 0. The first-order chi connectivity index (χ1) is 7.84. The quantitative estimate of drug-likeness (QED) is 0.655. The molecule has 0 N–H and O–H groups in total. The van der Waals surface area contributed by atoms with Crippen molar-refractivity contribution in [3.63, 3.8) is 0 Å². The Morgan fingerprint density at radius 1 is 0.812 bits per heavy atom. The third-order valence-electron chi connectivity index (χ3n) is 1.49. The van der Waals surface area contributed by atoms with Crippen molar-refractivity contribution < 1.29 is 42.0 Å². The molecule has 0 aliphatic carbocycles. The predicted molar refractivity (Wildman–Crippen MR) is 43.3 cm³/mol. The first-order valence-corrected chi connectivity index (χ1v) is 5.37. The van der Waals surface area contributed by atoms with Gasteiger partial charge in [0.15, 0.2) is 27.2 Å². The molecule has 16 heavy (non-hydrogen) atoms. The minimum absolute atomic E-state index is 0.00188. The summed E-state index contributed by atoms with van der Waals surface area (Å²) in [6, 6.07) is 0. The summed E-state index contributed by atoms with van der Waals surface area (Å²) in [5, 5.41) is 0. The van der Waals surface area contributed by atoms with Crippen LogP contribution in [-0.2, 0) is 42.0 Å². The van der Waals surface area contributed by atoms with Crippen molar-refractivity contribution in [2.24, 2.45) is 0 Å². The van der Waals surface area contributed by atoms with Crippen LogP contribution in [-0.4, -0.2) is 40.1 Å². The Morgan fingerprint density at radius 3 is 1.56 bits per heavy atom. The van der Waals surface area contributed by atoms with E-state index < -0.39 is 21.2 Å². The number of rotatable bonds is 4. The molecule has 0 radical (unpaired) electrons. The lowest BCUT2D eigenvalue weighted by molar-refractivity contribution is -0.372. The van der Waals surface area contributed by atoms with E-state index in [1.54, 1.807) is 0 Å². The minimum atomic E-state index is -2.49. The minimum Gasteiger partial charge on any atom is -0.329 e. The summed E-state index contributed by atoms with van der Waals surface area (Å²) in [7, 11) is -2.49. The first kappa shape index (κ1) is 12.2. The fourth-order valence-electron chi connectivity index (χ4n) is 0.866. The van der Waals surface area contributed by atoms with Gasteiger partial charge in [-0.05, 0) is 0 Å². The van der Waals surface area contributed by atoms with Gasteiger partial charge in [-0.15, -0.1) is 0 Å². The van der Waals surface area contributed by atoms with Gasteiger partial charge < -0.3 is 9.47 Å². The molecule has 2 aliphatic rings. The van der Waals surface area contributed by atoms with Crippen LogP contribution in [0.2, 0.25) is 0 Å². The molecule has 0 spiro atoms. The summed E-state index contributed by atoms with van der Waals surface area (Å²) in [5.41, 5.74) is 0. The highest BCUT2D eigenvalue weighted by Crippen LogP contribution is 2.30. The summed E-state index contributed by atoms with van der Waals surface area (Å²) in [6.45, 7) is -2.18. The molecular formula is C6H10O9P+. The Balaban J connectivity index is 1.66. The van der Waals surface area contributed by atoms with Crippen LogP contribution in [0.1, 0.15) is 0 Å². The maximum atomic E-state index is 11.3. The molecule has 0 aromatic carbocycles. The Labute approximate surface area is 91.3 Å². The van der Waals surface area contributed by atoms with E-state index in [0.717, 1.165) is 0 Å². The van der Waals surface area contributed by atoms with E-state index in [2.05, 4.69) is 0 Å². The van der Waals surface area contributed by atoms with Crippen molar-refractivity contribution in [2.75, 3.05) is 27.2 Å². The number of ether oxygens (including phenoxy) is 6. The van der Waals surface area contributed by atoms with E-state index in [1.807, 2.05) is 0 Å². The SMILES string of the molecule is O=[P+](OC1OCOCO1)OC1OCOCO1. The molecule has 0 aromatic rings. The number of hydrogen-bond donors (Lipinski definition) is 0. The zero-order valence-corrected chi connectivity index (χ0v) is 9.00. The summed E-state index contributed by atoms with van der Waals surface area (Å²) >= 11 is 0. The van der Waals surface area contributed by atoms with Crippen LogP contribution < -0.4 is 0 Å². The Kier molecular flexibility index (Phi) is 4.97. The van der Waals surface area contributed by atoms with Crippen LogP contribution in [0.25, 0.3) is 0 Å². The largest absolute Gasteiger partial charge is 0.708 e. The molecule has 0 amide bonds. The van der Waals surface area contributed by atoms with Gasteiger partial charge in [0.1, 0.15) is 0 Å². The highest BCUT2D eigenvalue weighted by molar-refractivity contribution is 7.33. The third kappa shape index (κ3) is 3.98. The molecule has 92 valence electrons. The molecule has 0 aromatic heterocycles. The van der Waals surface area contributed by atoms with E-state index in [-0.39, 0.29) is 27.2 Å². The molecule has 2 rings (SSSR count). The number of hydrogen-bond acceptors (Lipinski definition) is 9. The van der Waals surface area contributed by atoms with Gasteiger partial charge in [0.2, 0.25) is 0 Å². The van der Waals surface area contributed by atoms with Crippen molar-refractivity contribution >= 4 is 8.25 Å². The summed E-state index contributed by atoms with van der Waals surface area (Å²) < 4.78 is 49.4. The van der Waals surface area contributed by atoms with Gasteiger partial charge in [0.05, 0.1) is 0 Å². The molecule has 10 heteroatoms. The third-order valence-corrected chi connectivity index (χ3v) is 2.18. The second-order valence-electron chi connectivity index (χ2n) is 2.56. The molecule has 2 saturated heterocycles. The fourth-order valence-corrected chi connectivity index (χ4v) is 1.44. The molecular weight excluding hydrogens is 247 g/mol. The normalized spacial score (nSPS) is 24.5. The standard InChI is InChI=1S/C6H10O9P/c7-16(14-5-10-1-8-2-11-5)15-6-12-3-9-4-13-6/h5-6H,1-4H2/q+1. The monoisotopic (exact) mass is 257 g/mol. The van der Waals surface area contributed by atoms with Gasteiger partial charge in [0, 0.05) is 4.57 Å². The van der Waals surface area contributed by atoms with Crippen molar-refractivity contribution in [3.05, 3.63) is 0 Å². The molecule has 9 nitrogen and oxygen atoms in total. The lowest BCUT2D eigenvalue weighted by atomic mass is 11.1. The maximum absolute atomic E-state index is 11.3. The summed E-state index contributed by atoms with van der Waals surface area (Å²) in [5.74, 6) is 0. The van der Waals surface area contributed by atoms with Crippen LogP contribution in [0, 0.1) is 0 Å². The van der Waals surface area contributed by atoms with E-state index in [9.17, 15) is 4.57 Å². The van der Waals surface area contributed by atoms with Crippen LogP contribution in [0.4, 0.5) is 0 Å². The lowest BCUT2D eigenvalue weighted by Crippen LogP contribution is -2.29. The summed E-state index contributed by atoms with van der Waals surface area (Å²) in [4.78, 5) is 0. The van der Waals surface area contributed by atoms with Gasteiger partial charge in [0.25, 0.3) is 0 Å². The van der Waals surface area contributed by atoms with Gasteiger partial charge in [-0.1, -0.05) is 9.05 Å². The molecule has 0 unspecified atom stereocenters. The highest BCUT2D eigenvalue weighted by atomic mass is 31.1. The van der Waals surface area contributed by atoms with E-state index >= 15 is 0 Å². The first-order valence-electron chi connectivity index (χ1n) is 4.27. The molecule has 2 heterocycles. The molecule has 2 aliphatic heterocycles. The Morgan fingerprint density at radius 2 is 1.19 bits per heavy atom. The van der Waals surface area contributed by atoms with E-state index in [0.29, 0.717) is 0 Å². The van der Waals surface area contributed by atoms with Crippen LogP contribution in [0.15, 0.2) is 0 Å². The molecule has 0 saturated carbocycles. The molecule has 2 fully saturated rings. The van der Waals surface area contributed by atoms with E-state index in [4.69, 9.17) is 37.5 Å². The Bertz CT molecular complexity index is 202. The Hall–Kier alpha value is -0.220. The topological polar surface area (TPSA) is 90.9 Å². The zero-order chi connectivity index (χ0) is 11.2. The smallest absolute Gasteiger partial charge is 0.329 e. The maximum Gasteiger partial charge on any atom is 0.708 e. The highest BCUT2D eigenvalue weighted by Gasteiger charge is 2.36. The second kappa shape index (κ2) is 6.50. The van der Waals surface area contributed by atoms with Gasteiger partial charge >= 0.3 is 21.2 Å². The van der Waals surface area contributed by atoms with Gasteiger partial charge in [-0.25, -0.2) is 0 Å². The van der Waals surface area contributed by atoms with Crippen molar-refractivity contribution in [1.29, 1.82) is 0 Å². The molecule has 0 bridgehead atoms. The van der Waals surface area contributed by atoms with Gasteiger partial charge in [-0.3, -0.25) is 18.9 Å². The van der Waals surface area contributed by atoms with Crippen LogP contribution in [0.5, 0.6) is 0 Å². The lowest BCUT2D eigenvalue weighted by Gasteiger charge is -2.19. The average molecular weight is 257 g/mol.